The molecule has 2 aliphatic rings. The van der Waals surface area contributed by atoms with Gasteiger partial charge in [0.15, 0.2) is 0 Å². The van der Waals surface area contributed by atoms with E-state index >= 15 is 0 Å². The van der Waals surface area contributed by atoms with Gasteiger partial charge in [0, 0.05) is 18.5 Å². The van der Waals surface area contributed by atoms with Crippen LogP contribution in [0.15, 0.2) is 54.9 Å². The summed E-state index contributed by atoms with van der Waals surface area (Å²) in [5, 5.41) is 11.7. The topological polar surface area (TPSA) is 58.4 Å². The number of aliphatic hydroxyl groups is 1. The van der Waals surface area contributed by atoms with E-state index in [-0.39, 0.29) is 28.9 Å². The molecule has 5 rings (SSSR count). The summed E-state index contributed by atoms with van der Waals surface area (Å²) in [6, 6.07) is 14.3. The highest BCUT2D eigenvalue weighted by Crippen LogP contribution is 2.47. The predicted octanol–water partition coefficient (Wildman–Crippen LogP) is 4.89. The van der Waals surface area contributed by atoms with E-state index in [4.69, 9.17) is 0 Å². The molecule has 0 bridgehead atoms. The number of nitrogens with zero attached hydrogens (tertiary/aromatic N) is 3. The Morgan fingerprint density at radius 2 is 1.85 bits per heavy atom. The van der Waals surface area contributed by atoms with Gasteiger partial charge in [-0.15, -0.1) is 0 Å². The number of piperidine rings is 1. The monoisotopic (exact) mass is 457 g/mol. The average Bonchev–Trinajstić information content (AvgIpc) is 3.21. The normalized spacial score (nSPS) is 25.8. The molecule has 1 unspecified atom stereocenters. The summed E-state index contributed by atoms with van der Waals surface area (Å²) in [4.78, 5) is 19.6. The molecule has 8 heteroatoms. The van der Waals surface area contributed by atoms with E-state index < -0.39 is 18.3 Å². The number of hydrogen-bond donors (Lipinski definition) is 1. The van der Waals surface area contributed by atoms with Gasteiger partial charge in [-0.3, -0.25) is 4.79 Å². The van der Waals surface area contributed by atoms with Gasteiger partial charge in [0.2, 0.25) is 0 Å². The number of halogens is 3. The van der Waals surface area contributed by atoms with Crippen LogP contribution in [0.2, 0.25) is 0 Å². The Bertz CT molecular complexity index is 1160. The smallest absolute Gasteiger partial charge is 0.385 e. The number of aromatic nitrogens is 2. The van der Waals surface area contributed by atoms with Crippen LogP contribution < -0.4 is 0 Å². The summed E-state index contributed by atoms with van der Waals surface area (Å²) in [6.45, 7) is -0.858. The number of imidazole rings is 1. The first-order chi connectivity index (χ1) is 15.8. The van der Waals surface area contributed by atoms with Crippen LogP contribution in [0.25, 0.3) is 11.0 Å². The fraction of sp³-hybridized carbons (Fsp3) is 0.440. The fourth-order valence-corrected chi connectivity index (χ4v) is 5.79. The molecular formula is C25H26F3N3O2. The number of hydrogen-bond acceptors (Lipinski definition) is 3. The molecule has 0 radical (unpaired) electrons. The van der Waals surface area contributed by atoms with Crippen LogP contribution in [0.5, 0.6) is 0 Å². The van der Waals surface area contributed by atoms with Crippen molar-refractivity contribution >= 4 is 16.9 Å². The van der Waals surface area contributed by atoms with E-state index in [1.54, 1.807) is 23.1 Å². The zero-order chi connectivity index (χ0) is 23.2. The van der Waals surface area contributed by atoms with Crippen molar-refractivity contribution in [2.75, 3.05) is 6.54 Å². The number of carbonyl (C=O) groups excluding carboxylic acids is 1. The Balaban J connectivity index is 1.51. The number of amides is 1. The lowest BCUT2D eigenvalue weighted by Gasteiger charge is -2.52. The lowest BCUT2D eigenvalue weighted by molar-refractivity contribution is -0.140. The Kier molecular flexibility index (Phi) is 5.43. The maximum atomic E-state index is 13.8. The lowest BCUT2D eigenvalue weighted by Crippen LogP contribution is -2.59. The van der Waals surface area contributed by atoms with Crippen LogP contribution in [0, 0.1) is 5.92 Å². The van der Waals surface area contributed by atoms with E-state index in [0.717, 1.165) is 42.1 Å². The minimum atomic E-state index is -4.42. The third-order valence-corrected chi connectivity index (χ3v) is 7.23. The zero-order valence-corrected chi connectivity index (χ0v) is 18.1. The van der Waals surface area contributed by atoms with Crippen LogP contribution in [0.3, 0.4) is 0 Å². The molecule has 1 aliphatic carbocycles. The number of fused-ring (bicyclic) bond motifs is 2. The highest BCUT2D eigenvalue weighted by Gasteiger charge is 2.50. The molecule has 33 heavy (non-hydrogen) atoms. The largest absolute Gasteiger partial charge is 0.406 e. The Morgan fingerprint density at radius 3 is 2.61 bits per heavy atom. The molecule has 2 fully saturated rings. The number of likely N-dealkylation sites (tertiary alicyclic amines) is 1. The summed E-state index contributed by atoms with van der Waals surface area (Å²) >= 11 is 0. The highest BCUT2D eigenvalue weighted by molar-refractivity contribution is 6.05. The van der Waals surface area contributed by atoms with Gasteiger partial charge in [0.1, 0.15) is 6.54 Å². The van der Waals surface area contributed by atoms with Crippen LogP contribution in [-0.4, -0.2) is 44.2 Å². The third kappa shape index (κ3) is 3.90. The van der Waals surface area contributed by atoms with Gasteiger partial charge in [0.05, 0.1) is 28.5 Å². The Morgan fingerprint density at radius 1 is 1.09 bits per heavy atom. The summed E-state index contributed by atoms with van der Waals surface area (Å²) in [5.74, 6) is -0.415. The molecule has 1 N–H and O–H groups in total. The molecule has 3 atom stereocenters. The van der Waals surface area contributed by atoms with Crippen LogP contribution in [0.1, 0.15) is 48.0 Å². The molecule has 1 saturated heterocycles. The van der Waals surface area contributed by atoms with Gasteiger partial charge in [-0.05, 0) is 37.0 Å². The second-order valence-corrected chi connectivity index (χ2v) is 9.16. The number of alkyl halides is 3. The standard InChI is InChI=1S/C25H26F3N3O2/c26-25(27,28)15-30-16-29-20-11-6-9-18(22(20)30)23(32)31-14-13-24(33,17-7-2-1-3-8-17)19-10-4-5-12-21(19)31/h1-3,6-9,11,16,19,21,33H,4-5,10,12-15H2/t19-,21+,24?/m0/s1. The number of carbonyl (C=O) groups is 1. The van der Waals surface area contributed by atoms with Gasteiger partial charge in [-0.2, -0.15) is 13.2 Å². The first-order valence-electron chi connectivity index (χ1n) is 11.4. The van der Waals surface area contributed by atoms with E-state index in [1.807, 2.05) is 30.3 Å². The second kappa shape index (κ2) is 8.17. The molecule has 1 saturated carbocycles. The van der Waals surface area contributed by atoms with E-state index in [1.165, 1.54) is 0 Å². The molecule has 2 aromatic carbocycles. The van der Waals surface area contributed by atoms with E-state index in [0.29, 0.717) is 18.5 Å². The van der Waals surface area contributed by atoms with Crippen LogP contribution in [-0.2, 0) is 12.1 Å². The molecule has 1 aromatic heterocycles. The molecule has 174 valence electrons. The second-order valence-electron chi connectivity index (χ2n) is 9.16. The third-order valence-electron chi connectivity index (χ3n) is 7.23. The first kappa shape index (κ1) is 21.9. The summed E-state index contributed by atoms with van der Waals surface area (Å²) in [6.07, 6.45) is 0.609. The molecular weight excluding hydrogens is 431 g/mol. The van der Waals surface area contributed by atoms with Crippen molar-refractivity contribution in [3.8, 4) is 0 Å². The van der Waals surface area contributed by atoms with Crippen molar-refractivity contribution in [1.82, 2.24) is 14.5 Å². The molecule has 2 heterocycles. The number of para-hydroxylation sites is 1. The van der Waals surface area contributed by atoms with E-state index in [2.05, 4.69) is 4.98 Å². The zero-order valence-electron chi connectivity index (χ0n) is 18.1. The molecule has 1 amide bonds. The van der Waals surface area contributed by atoms with E-state index in [9.17, 15) is 23.1 Å². The van der Waals surface area contributed by atoms with Gasteiger partial charge in [0.25, 0.3) is 5.91 Å². The first-order valence-corrected chi connectivity index (χ1v) is 11.4. The van der Waals surface area contributed by atoms with Crippen LogP contribution >= 0.6 is 0 Å². The maximum absolute atomic E-state index is 13.8. The Hall–Kier alpha value is -2.87. The summed E-state index contributed by atoms with van der Waals surface area (Å²) in [5.41, 5.74) is 0.634. The van der Waals surface area contributed by atoms with Crippen LogP contribution in [0.4, 0.5) is 13.2 Å². The molecule has 3 aromatic rings. The van der Waals surface area contributed by atoms with Crippen molar-refractivity contribution in [3.63, 3.8) is 0 Å². The highest BCUT2D eigenvalue weighted by atomic mass is 19.4. The molecule has 5 nitrogen and oxygen atoms in total. The van der Waals surface area contributed by atoms with Crippen molar-refractivity contribution in [1.29, 1.82) is 0 Å². The van der Waals surface area contributed by atoms with Gasteiger partial charge < -0.3 is 14.6 Å². The van der Waals surface area contributed by atoms with Crippen molar-refractivity contribution in [3.05, 3.63) is 66.0 Å². The predicted molar refractivity (Wildman–Crippen MR) is 118 cm³/mol. The van der Waals surface area contributed by atoms with Gasteiger partial charge in [-0.1, -0.05) is 49.2 Å². The molecule has 1 aliphatic heterocycles. The summed E-state index contributed by atoms with van der Waals surface area (Å²) in [7, 11) is 0. The number of benzene rings is 2. The number of rotatable bonds is 3. The van der Waals surface area contributed by atoms with Gasteiger partial charge >= 0.3 is 6.18 Å². The molecule has 0 spiro atoms. The Labute approximate surface area is 189 Å². The quantitative estimate of drug-likeness (QED) is 0.609. The summed E-state index contributed by atoms with van der Waals surface area (Å²) < 4.78 is 40.4. The van der Waals surface area contributed by atoms with Crippen molar-refractivity contribution in [2.24, 2.45) is 5.92 Å². The fourth-order valence-electron chi connectivity index (χ4n) is 5.79. The lowest BCUT2D eigenvalue weighted by atomic mass is 9.66. The van der Waals surface area contributed by atoms with Crippen molar-refractivity contribution < 1.29 is 23.1 Å². The minimum absolute atomic E-state index is 0.120. The van der Waals surface area contributed by atoms with Crippen molar-refractivity contribution in [2.45, 2.75) is 56.5 Å². The average molecular weight is 457 g/mol. The minimum Gasteiger partial charge on any atom is -0.385 e. The van der Waals surface area contributed by atoms with Gasteiger partial charge in [-0.25, -0.2) is 4.98 Å². The SMILES string of the molecule is O=C(c1cccc2ncn(CC(F)(F)F)c12)N1CCC(O)(c2ccccc2)[C@H]2CCCC[C@H]21. The maximum Gasteiger partial charge on any atom is 0.406 e.